The second kappa shape index (κ2) is 4.58. The third-order valence-electron chi connectivity index (χ3n) is 1.65. The number of halogens is 2. The minimum Gasteiger partial charge on any atom is -0.303 e. The molecule has 1 N–H and O–H groups in total. The number of hydrogen-bond donors (Lipinski definition) is 1. The Labute approximate surface area is 80.1 Å². The summed E-state index contributed by atoms with van der Waals surface area (Å²) in [5.74, 6) is -0.141. The lowest BCUT2D eigenvalue weighted by Gasteiger charge is -2.02. The minimum atomic E-state index is -0.141. The topological polar surface area (TPSA) is 12.0 Å². The highest BCUT2D eigenvalue weighted by atomic mass is 79.9. The fraction of sp³-hybridized carbons (Fsp3) is 0.333. The lowest BCUT2D eigenvalue weighted by atomic mass is 10.1. The maximum absolute atomic E-state index is 12.8. The first-order valence-corrected chi connectivity index (χ1v) is 4.88. The van der Waals surface area contributed by atoms with Crippen molar-refractivity contribution in [2.75, 3.05) is 5.45 Å². The van der Waals surface area contributed by atoms with Crippen LogP contribution in [0.5, 0.6) is 0 Å². The third kappa shape index (κ3) is 2.57. The van der Waals surface area contributed by atoms with Gasteiger partial charge in [0.15, 0.2) is 0 Å². The van der Waals surface area contributed by atoms with E-state index in [1.165, 1.54) is 6.07 Å². The number of hydrogen-bond acceptors (Lipinski definition) is 1. The molecule has 1 aromatic rings. The Morgan fingerprint density at radius 1 is 1.50 bits per heavy atom. The van der Waals surface area contributed by atoms with Gasteiger partial charge in [0, 0.05) is 6.54 Å². The predicted molar refractivity (Wildman–Crippen MR) is 51.8 cm³/mol. The molecule has 0 heterocycles. The zero-order valence-corrected chi connectivity index (χ0v) is 8.49. The predicted octanol–water partition coefficient (Wildman–Crippen LogP) is 2.58. The Bertz CT molecular complexity index is 263. The molecule has 0 aliphatic rings. The van der Waals surface area contributed by atoms with E-state index in [4.69, 9.17) is 0 Å². The van der Waals surface area contributed by atoms with E-state index in [2.05, 4.69) is 21.2 Å². The highest BCUT2D eigenvalue weighted by Gasteiger charge is 1.97. The summed E-state index contributed by atoms with van der Waals surface area (Å²) in [5.41, 5.74) is 2.56. The molecule has 0 aromatic heterocycles. The molecule has 0 saturated heterocycles. The molecule has 3 heteroatoms. The first kappa shape index (κ1) is 9.68. The van der Waals surface area contributed by atoms with Crippen LogP contribution in [0.2, 0.25) is 0 Å². The number of benzene rings is 1. The van der Waals surface area contributed by atoms with Crippen LogP contribution in [-0.4, -0.2) is 5.45 Å². The highest BCUT2D eigenvalue weighted by molar-refractivity contribution is 9.09. The van der Waals surface area contributed by atoms with Crippen LogP contribution in [0.4, 0.5) is 4.39 Å². The van der Waals surface area contributed by atoms with E-state index < -0.39 is 0 Å². The number of rotatable bonds is 3. The molecule has 0 amide bonds. The van der Waals surface area contributed by atoms with Gasteiger partial charge in [-0.3, -0.25) is 0 Å². The van der Waals surface area contributed by atoms with Gasteiger partial charge >= 0.3 is 0 Å². The lowest BCUT2D eigenvalue weighted by Crippen LogP contribution is -2.09. The maximum Gasteiger partial charge on any atom is 0.126 e. The SMILES string of the molecule is Cc1cc(CNCBr)ccc1F. The molecule has 0 aliphatic carbocycles. The Kier molecular flexibility index (Phi) is 3.69. The summed E-state index contributed by atoms with van der Waals surface area (Å²) in [6.45, 7) is 2.54. The molecule has 0 spiro atoms. The molecule has 0 radical (unpaired) electrons. The van der Waals surface area contributed by atoms with Crippen LogP contribution in [0.25, 0.3) is 0 Å². The summed E-state index contributed by atoms with van der Waals surface area (Å²) < 4.78 is 12.8. The van der Waals surface area contributed by atoms with E-state index in [-0.39, 0.29) is 5.82 Å². The molecule has 0 saturated carbocycles. The van der Waals surface area contributed by atoms with Crippen LogP contribution in [-0.2, 0) is 6.54 Å². The standard InChI is InChI=1S/C9H11BrFN/c1-7-4-8(5-12-6-10)2-3-9(7)11/h2-4,12H,5-6H2,1H3. The molecule has 12 heavy (non-hydrogen) atoms. The van der Waals surface area contributed by atoms with Gasteiger partial charge in [0.1, 0.15) is 5.82 Å². The lowest BCUT2D eigenvalue weighted by molar-refractivity contribution is 0.617. The maximum atomic E-state index is 12.8. The summed E-state index contributed by atoms with van der Waals surface area (Å²) >= 11 is 3.25. The molecule has 1 aromatic carbocycles. The first-order valence-electron chi connectivity index (χ1n) is 3.75. The van der Waals surface area contributed by atoms with Crippen molar-refractivity contribution in [1.29, 1.82) is 0 Å². The summed E-state index contributed by atoms with van der Waals surface area (Å²) in [7, 11) is 0. The molecule has 0 atom stereocenters. The van der Waals surface area contributed by atoms with Crippen molar-refractivity contribution in [3.05, 3.63) is 35.1 Å². The summed E-state index contributed by atoms with van der Waals surface area (Å²) in [5, 5.41) is 3.11. The van der Waals surface area contributed by atoms with Crippen LogP contribution in [0, 0.1) is 12.7 Å². The van der Waals surface area contributed by atoms with E-state index in [9.17, 15) is 4.39 Å². The van der Waals surface area contributed by atoms with Gasteiger partial charge in [0.25, 0.3) is 0 Å². The van der Waals surface area contributed by atoms with Gasteiger partial charge in [-0.25, -0.2) is 4.39 Å². The molecule has 0 unspecified atom stereocenters. The van der Waals surface area contributed by atoms with Crippen molar-refractivity contribution in [3.63, 3.8) is 0 Å². The van der Waals surface area contributed by atoms with Crippen LogP contribution in [0.15, 0.2) is 18.2 Å². The summed E-state index contributed by atoms with van der Waals surface area (Å²) in [6.07, 6.45) is 0. The van der Waals surface area contributed by atoms with Gasteiger partial charge in [0.05, 0.1) is 5.45 Å². The van der Waals surface area contributed by atoms with Gasteiger partial charge < -0.3 is 5.32 Å². The summed E-state index contributed by atoms with van der Waals surface area (Å²) in [4.78, 5) is 0. The largest absolute Gasteiger partial charge is 0.303 e. The van der Waals surface area contributed by atoms with Gasteiger partial charge in [-0.1, -0.05) is 28.1 Å². The minimum absolute atomic E-state index is 0.141. The van der Waals surface area contributed by atoms with Gasteiger partial charge in [0.2, 0.25) is 0 Å². The number of aryl methyl sites for hydroxylation is 1. The molecule has 0 aliphatic heterocycles. The molecular weight excluding hydrogens is 221 g/mol. The third-order valence-corrected chi connectivity index (χ3v) is 2.04. The fourth-order valence-corrected chi connectivity index (χ4v) is 1.21. The Morgan fingerprint density at radius 3 is 2.83 bits per heavy atom. The van der Waals surface area contributed by atoms with Crippen LogP contribution in [0.1, 0.15) is 11.1 Å². The van der Waals surface area contributed by atoms with Crippen molar-refractivity contribution in [3.8, 4) is 0 Å². The second-order valence-electron chi connectivity index (χ2n) is 2.64. The molecule has 66 valence electrons. The smallest absolute Gasteiger partial charge is 0.126 e. The molecular formula is C9H11BrFN. The fourth-order valence-electron chi connectivity index (χ4n) is 1.01. The average Bonchev–Trinajstić information content (AvgIpc) is 2.07. The van der Waals surface area contributed by atoms with Crippen LogP contribution < -0.4 is 5.32 Å². The van der Waals surface area contributed by atoms with Gasteiger partial charge in [-0.05, 0) is 24.1 Å². The van der Waals surface area contributed by atoms with Gasteiger partial charge in [-0.15, -0.1) is 0 Å². The average molecular weight is 232 g/mol. The monoisotopic (exact) mass is 231 g/mol. The van der Waals surface area contributed by atoms with E-state index in [1.807, 2.05) is 6.07 Å². The van der Waals surface area contributed by atoms with Crippen molar-refractivity contribution < 1.29 is 4.39 Å². The van der Waals surface area contributed by atoms with Crippen molar-refractivity contribution in [2.45, 2.75) is 13.5 Å². The molecule has 1 nitrogen and oxygen atoms in total. The highest BCUT2D eigenvalue weighted by Crippen LogP contribution is 2.08. The Hall–Kier alpha value is -0.410. The van der Waals surface area contributed by atoms with Crippen molar-refractivity contribution in [1.82, 2.24) is 5.32 Å². The van der Waals surface area contributed by atoms with Crippen LogP contribution in [0.3, 0.4) is 0 Å². The molecule has 0 fully saturated rings. The van der Waals surface area contributed by atoms with E-state index in [0.29, 0.717) is 5.56 Å². The summed E-state index contributed by atoms with van der Waals surface area (Å²) in [6, 6.07) is 5.14. The number of alkyl halides is 1. The van der Waals surface area contributed by atoms with E-state index in [0.717, 1.165) is 17.6 Å². The Morgan fingerprint density at radius 2 is 2.25 bits per heavy atom. The number of nitrogens with one attached hydrogen (secondary N) is 1. The zero-order valence-electron chi connectivity index (χ0n) is 6.90. The van der Waals surface area contributed by atoms with Gasteiger partial charge in [-0.2, -0.15) is 0 Å². The molecule has 0 bridgehead atoms. The van der Waals surface area contributed by atoms with E-state index in [1.54, 1.807) is 13.0 Å². The normalized spacial score (nSPS) is 10.2. The van der Waals surface area contributed by atoms with E-state index >= 15 is 0 Å². The first-order chi connectivity index (χ1) is 5.74. The quantitative estimate of drug-likeness (QED) is 0.623. The van der Waals surface area contributed by atoms with Crippen molar-refractivity contribution >= 4 is 15.9 Å². The Balaban J connectivity index is 2.69. The zero-order chi connectivity index (χ0) is 8.97. The van der Waals surface area contributed by atoms with Crippen LogP contribution >= 0.6 is 15.9 Å². The van der Waals surface area contributed by atoms with Crippen molar-refractivity contribution in [2.24, 2.45) is 0 Å². The second-order valence-corrected chi connectivity index (χ2v) is 3.20. The molecule has 1 rings (SSSR count).